The molecule has 0 spiro atoms. The van der Waals surface area contributed by atoms with Crippen molar-refractivity contribution in [3.63, 3.8) is 0 Å². The fourth-order valence-corrected chi connectivity index (χ4v) is 2.48. The Morgan fingerprint density at radius 1 is 1.60 bits per heavy atom. The van der Waals surface area contributed by atoms with Gasteiger partial charge in [-0.25, -0.2) is 0 Å². The average molecular weight is 178 g/mol. The lowest BCUT2D eigenvalue weighted by molar-refractivity contribution is -0.111. The first-order valence-electron chi connectivity index (χ1n) is 3.36. The molecule has 1 aliphatic carbocycles. The fraction of sp³-hybridized carbons (Fsp3) is 0.833. The molecule has 0 N–H and O–H groups in total. The van der Waals surface area contributed by atoms with Gasteiger partial charge < -0.3 is 0 Å². The highest BCUT2D eigenvalue weighted by atomic mass is 35.5. The van der Waals surface area contributed by atoms with Gasteiger partial charge in [0.1, 0.15) is 4.83 Å². The molecule has 0 aromatic carbocycles. The van der Waals surface area contributed by atoms with Crippen molar-refractivity contribution in [3.05, 3.63) is 0 Å². The number of halogens is 1. The first-order valence-corrected chi connectivity index (χ1v) is 4.68. The molecule has 0 aromatic heterocycles. The van der Waals surface area contributed by atoms with Crippen LogP contribution in [0.3, 0.4) is 0 Å². The summed E-state index contributed by atoms with van der Waals surface area (Å²) in [4.78, 5) is 12.8. The van der Waals surface area contributed by atoms with E-state index in [0.717, 1.165) is 0 Å². The van der Waals surface area contributed by atoms with E-state index in [2.05, 4.69) is 4.90 Å². The smallest absolute Gasteiger partial charge is 0.205 e. The lowest BCUT2D eigenvalue weighted by Gasteiger charge is -2.14. The van der Waals surface area contributed by atoms with Crippen LogP contribution in [0.15, 0.2) is 0 Å². The third-order valence-electron chi connectivity index (χ3n) is 1.82. The van der Waals surface area contributed by atoms with Crippen molar-refractivity contribution in [1.82, 2.24) is 4.90 Å². The van der Waals surface area contributed by atoms with E-state index in [1.54, 1.807) is 0 Å². The standard InChI is InChI=1S/C6H8ClNOS/c7-6-8(4-1-2-4)3-5(9)10-6/h4,6H,1-3H2. The van der Waals surface area contributed by atoms with E-state index in [9.17, 15) is 4.79 Å². The zero-order valence-corrected chi connectivity index (χ0v) is 6.99. The van der Waals surface area contributed by atoms with E-state index in [1.165, 1.54) is 24.6 Å². The number of nitrogens with zero attached hydrogens (tertiary/aromatic N) is 1. The Labute approximate surface area is 68.9 Å². The maximum absolute atomic E-state index is 10.8. The van der Waals surface area contributed by atoms with Gasteiger partial charge in [-0.3, -0.25) is 9.69 Å². The second kappa shape index (κ2) is 2.40. The number of alkyl halides is 1. The van der Waals surface area contributed by atoms with Gasteiger partial charge in [0, 0.05) is 6.04 Å². The van der Waals surface area contributed by atoms with E-state index in [0.29, 0.717) is 12.6 Å². The molecular formula is C6H8ClNOS. The molecule has 4 heteroatoms. The van der Waals surface area contributed by atoms with Crippen molar-refractivity contribution < 1.29 is 4.79 Å². The molecule has 0 bridgehead atoms. The summed E-state index contributed by atoms with van der Waals surface area (Å²) in [6, 6.07) is 0.612. The molecular weight excluding hydrogens is 170 g/mol. The van der Waals surface area contributed by atoms with Gasteiger partial charge in [-0.05, 0) is 12.8 Å². The molecule has 1 saturated carbocycles. The normalized spacial score (nSPS) is 35.3. The highest BCUT2D eigenvalue weighted by Gasteiger charge is 2.39. The van der Waals surface area contributed by atoms with Crippen molar-refractivity contribution in [1.29, 1.82) is 0 Å². The molecule has 1 unspecified atom stereocenters. The van der Waals surface area contributed by atoms with Crippen molar-refractivity contribution in [2.24, 2.45) is 0 Å². The van der Waals surface area contributed by atoms with Crippen LogP contribution < -0.4 is 0 Å². The Hall–Kier alpha value is 0.270. The van der Waals surface area contributed by atoms with Gasteiger partial charge in [0.25, 0.3) is 0 Å². The first kappa shape index (κ1) is 6.95. The molecule has 2 nitrogen and oxygen atoms in total. The van der Waals surface area contributed by atoms with Crippen LogP contribution in [0.25, 0.3) is 0 Å². The van der Waals surface area contributed by atoms with Crippen LogP contribution in [0.5, 0.6) is 0 Å². The van der Waals surface area contributed by atoms with Gasteiger partial charge >= 0.3 is 0 Å². The van der Waals surface area contributed by atoms with E-state index in [4.69, 9.17) is 11.6 Å². The minimum Gasteiger partial charge on any atom is -0.286 e. The summed E-state index contributed by atoms with van der Waals surface area (Å²) in [5, 5.41) is 0.215. The number of hydrogen-bond acceptors (Lipinski definition) is 3. The first-order chi connectivity index (χ1) is 4.77. The molecule has 0 amide bonds. The summed E-state index contributed by atoms with van der Waals surface area (Å²) in [6.45, 7) is 0.559. The SMILES string of the molecule is O=C1CN(C2CC2)C(Cl)S1. The lowest BCUT2D eigenvalue weighted by Crippen LogP contribution is -2.27. The Morgan fingerprint density at radius 3 is 2.70 bits per heavy atom. The fourth-order valence-electron chi connectivity index (χ4n) is 1.14. The van der Waals surface area contributed by atoms with Crippen LogP contribution in [-0.2, 0) is 4.79 Å². The Kier molecular flexibility index (Phi) is 1.66. The summed E-state index contributed by atoms with van der Waals surface area (Å²) in [7, 11) is 0. The van der Waals surface area contributed by atoms with E-state index >= 15 is 0 Å². The van der Waals surface area contributed by atoms with E-state index < -0.39 is 0 Å². The van der Waals surface area contributed by atoms with E-state index in [1.807, 2.05) is 0 Å². The van der Waals surface area contributed by atoms with Crippen LogP contribution >= 0.6 is 23.4 Å². The Morgan fingerprint density at radius 2 is 2.30 bits per heavy atom. The largest absolute Gasteiger partial charge is 0.286 e. The number of thioether (sulfide) groups is 1. The molecule has 0 aromatic rings. The average Bonchev–Trinajstić information content (AvgIpc) is 2.61. The number of carbonyl (C=O) groups is 1. The predicted octanol–water partition coefficient (Wildman–Crippen LogP) is 1.25. The molecule has 2 rings (SSSR count). The summed E-state index contributed by atoms with van der Waals surface area (Å²) < 4.78 is 0. The van der Waals surface area contributed by atoms with Crippen LogP contribution in [0.2, 0.25) is 0 Å². The second-order valence-corrected chi connectivity index (χ2v) is 4.50. The van der Waals surface area contributed by atoms with Crippen LogP contribution in [0, 0.1) is 0 Å². The molecule has 1 atom stereocenters. The molecule has 1 saturated heterocycles. The van der Waals surface area contributed by atoms with Crippen molar-refractivity contribution >= 4 is 28.5 Å². The van der Waals surface area contributed by atoms with Crippen molar-refractivity contribution in [2.75, 3.05) is 6.54 Å². The Bertz CT molecular complexity index is 171. The van der Waals surface area contributed by atoms with Crippen LogP contribution in [0.4, 0.5) is 0 Å². The summed E-state index contributed by atoms with van der Waals surface area (Å²) >= 11 is 7.13. The van der Waals surface area contributed by atoms with Crippen LogP contribution in [0.1, 0.15) is 12.8 Å². The summed E-state index contributed by atoms with van der Waals surface area (Å²) in [5.74, 6) is 0. The highest BCUT2D eigenvalue weighted by Crippen LogP contribution is 2.37. The number of carbonyl (C=O) groups excluding carboxylic acids is 1. The zero-order valence-electron chi connectivity index (χ0n) is 5.42. The lowest BCUT2D eigenvalue weighted by atomic mass is 10.5. The van der Waals surface area contributed by atoms with Crippen molar-refractivity contribution in [3.8, 4) is 0 Å². The second-order valence-electron chi connectivity index (χ2n) is 2.69. The molecule has 1 heterocycles. The minimum atomic E-state index is -0.0833. The third kappa shape index (κ3) is 1.18. The van der Waals surface area contributed by atoms with Gasteiger partial charge in [0.2, 0.25) is 5.12 Å². The highest BCUT2D eigenvalue weighted by molar-refractivity contribution is 8.15. The quantitative estimate of drug-likeness (QED) is 0.444. The Balaban J connectivity index is 2.01. The monoisotopic (exact) mass is 177 g/mol. The maximum atomic E-state index is 10.8. The molecule has 2 aliphatic rings. The van der Waals surface area contributed by atoms with Gasteiger partial charge in [-0.15, -0.1) is 0 Å². The summed E-state index contributed by atoms with van der Waals surface area (Å²) in [5.41, 5.74) is 0. The predicted molar refractivity (Wildman–Crippen MR) is 42.0 cm³/mol. The molecule has 1 aliphatic heterocycles. The summed E-state index contributed by atoms with van der Waals surface area (Å²) in [6.07, 6.45) is 2.44. The number of hydrogen-bond donors (Lipinski definition) is 0. The third-order valence-corrected chi connectivity index (χ3v) is 3.19. The van der Waals surface area contributed by atoms with Gasteiger partial charge in [0.05, 0.1) is 6.54 Å². The zero-order chi connectivity index (χ0) is 7.14. The van der Waals surface area contributed by atoms with Crippen molar-refractivity contribution in [2.45, 2.75) is 23.7 Å². The van der Waals surface area contributed by atoms with Gasteiger partial charge in [0.15, 0.2) is 0 Å². The van der Waals surface area contributed by atoms with Gasteiger partial charge in [-0.2, -0.15) is 0 Å². The topological polar surface area (TPSA) is 20.3 Å². The molecule has 2 fully saturated rings. The van der Waals surface area contributed by atoms with Crippen LogP contribution in [-0.4, -0.2) is 27.4 Å². The van der Waals surface area contributed by atoms with E-state index in [-0.39, 0.29) is 9.95 Å². The van der Waals surface area contributed by atoms with Gasteiger partial charge in [-0.1, -0.05) is 23.4 Å². The maximum Gasteiger partial charge on any atom is 0.205 e. The minimum absolute atomic E-state index is 0.0833. The molecule has 56 valence electrons. The molecule has 10 heavy (non-hydrogen) atoms. The number of rotatable bonds is 1. The molecule has 0 radical (unpaired) electrons.